The van der Waals surface area contributed by atoms with Gasteiger partial charge in [-0.25, -0.2) is 8.42 Å². The minimum Gasteiger partial charge on any atom is -0.398 e. The molecule has 0 aromatic heterocycles. The van der Waals surface area contributed by atoms with Crippen LogP contribution in [0.5, 0.6) is 0 Å². The van der Waals surface area contributed by atoms with Crippen molar-refractivity contribution in [2.24, 2.45) is 0 Å². The van der Waals surface area contributed by atoms with Crippen LogP contribution in [0.3, 0.4) is 0 Å². The number of nitrogen functional groups attached to an aromatic ring is 1. The Balaban J connectivity index is 0. The SMILES string of the molecule is C=CC.C=CC(C)S(=O)(=O)Cc1ccccc1N.CC. The lowest BCUT2D eigenvalue weighted by molar-refractivity contribution is 0.590. The quantitative estimate of drug-likeness (QED) is 0.675. The zero-order valence-corrected chi connectivity index (χ0v) is 13.8. The molecule has 3 nitrogen and oxygen atoms in total. The first-order valence-corrected chi connectivity index (χ1v) is 8.35. The molecule has 0 aliphatic rings. The fourth-order valence-corrected chi connectivity index (χ4v) is 2.41. The van der Waals surface area contributed by atoms with Gasteiger partial charge in [0.05, 0.1) is 11.0 Å². The van der Waals surface area contributed by atoms with Crippen molar-refractivity contribution in [3.8, 4) is 0 Å². The highest BCUT2D eigenvalue weighted by Crippen LogP contribution is 2.17. The first kappa shape index (κ1) is 20.8. The van der Waals surface area contributed by atoms with Gasteiger partial charge in [-0.2, -0.15) is 0 Å². The predicted molar refractivity (Wildman–Crippen MR) is 90.4 cm³/mol. The number of para-hydroxylation sites is 1. The summed E-state index contributed by atoms with van der Waals surface area (Å²) in [5, 5.41) is -0.544. The van der Waals surface area contributed by atoms with Gasteiger partial charge in [-0.1, -0.05) is 44.2 Å². The molecule has 1 unspecified atom stereocenters. The fourth-order valence-electron chi connectivity index (χ4n) is 1.16. The molecule has 0 heterocycles. The number of hydrogen-bond acceptors (Lipinski definition) is 3. The Morgan fingerprint density at radius 1 is 1.25 bits per heavy atom. The number of anilines is 1. The lowest BCUT2D eigenvalue weighted by Gasteiger charge is -2.09. The summed E-state index contributed by atoms with van der Waals surface area (Å²) in [5.41, 5.74) is 6.84. The average Bonchev–Trinajstić information content (AvgIpc) is 2.43. The third kappa shape index (κ3) is 7.79. The van der Waals surface area contributed by atoms with Gasteiger partial charge >= 0.3 is 0 Å². The summed E-state index contributed by atoms with van der Waals surface area (Å²) in [6.45, 7) is 14.3. The molecule has 0 saturated carbocycles. The van der Waals surface area contributed by atoms with Crippen molar-refractivity contribution >= 4 is 15.5 Å². The Labute approximate surface area is 124 Å². The normalized spacial score (nSPS) is 11.0. The Kier molecular flexibility index (Phi) is 11.7. The largest absolute Gasteiger partial charge is 0.398 e. The van der Waals surface area contributed by atoms with Crippen LogP contribution in [0.25, 0.3) is 0 Å². The Morgan fingerprint density at radius 2 is 1.70 bits per heavy atom. The van der Waals surface area contributed by atoms with Crippen LogP contribution in [-0.4, -0.2) is 13.7 Å². The molecule has 20 heavy (non-hydrogen) atoms. The Bertz CT molecular complexity index is 493. The van der Waals surface area contributed by atoms with Crippen molar-refractivity contribution in [3.05, 3.63) is 55.1 Å². The molecule has 4 heteroatoms. The predicted octanol–water partition coefficient (Wildman–Crippen LogP) is 3.98. The Morgan fingerprint density at radius 3 is 2.10 bits per heavy atom. The molecule has 114 valence electrons. The maximum absolute atomic E-state index is 11.8. The summed E-state index contributed by atoms with van der Waals surface area (Å²) >= 11 is 0. The second kappa shape index (κ2) is 11.3. The molecule has 0 bridgehead atoms. The zero-order valence-electron chi connectivity index (χ0n) is 13.0. The van der Waals surface area contributed by atoms with Crippen molar-refractivity contribution in [2.45, 2.75) is 38.7 Å². The number of allylic oxidation sites excluding steroid dienone is 1. The minimum atomic E-state index is -3.18. The topological polar surface area (TPSA) is 60.2 Å². The molecular formula is C16H27NO2S. The molecule has 0 aliphatic carbocycles. The van der Waals surface area contributed by atoms with E-state index >= 15 is 0 Å². The van der Waals surface area contributed by atoms with Gasteiger partial charge in [-0.05, 0) is 25.5 Å². The molecule has 1 aromatic rings. The van der Waals surface area contributed by atoms with E-state index in [1.165, 1.54) is 6.08 Å². The van der Waals surface area contributed by atoms with E-state index in [-0.39, 0.29) is 5.75 Å². The molecule has 0 radical (unpaired) electrons. The van der Waals surface area contributed by atoms with Gasteiger partial charge in [0.15, 0.2) is 9.84 Å². The number of nitrogens with two attached hydrogens (primary N) is 1. The van der Waals surface area contributed by atoms with Crippen LogP contribution in [0, 0.1) is 0 Å². The highest BCUT2D eigenvalue weighted by atomic mass is 32.2. The van der Waals surface area contributed by atoms with Gasteiger partial charge in [0.1, 0.15) is 0 Å². The van der Waals surface area contributed by atoms with E-state index < -0.39 is 15.1 Å². The number of sulfone groups is 1. The van der Waals surface area contributed by atoms with Crippen LogP contribution < -0.4 is 5.73 Å². The van der Waals surface area contributed by atoms with Crippen LogP contribution in [-0.2, 0) is 15.6 Å². The van der Waals surface area contributed by atoms with E-state index in [4.69, 9.17) is 5.73 Å². The van der Waals surface area contributed by atoms with E-state index in [9.17, 15) is 8.42 Å². The average molecular weight is 297 g/mol. The van der Waals surface area contributed by atoms with Crippen molar-refractivity contribution in [1.29, 1.82) is 0 Å². The third-order valence-electron chi connectivity index (χ3n) is 2.31. The lowest BCUT2D eigenvalue weighted by atomic mass is 10.2. The van der Waals surface area contributed by atoms with E-state index in [2.05, 4.69) is 13.2 Å². The summed E-state index contributed by atoms with van der Waals surface area (Å²) in [6.07, 6.45) is 3.18. The second-order valence-electron chi connectivity index (χ2n) is 3.86. The van der Waals surface area contributed by atoms with Crippen LogP contribution in [0.1, 0.15) is 33.3 Å². The highest BCUT2D eigenvalue weighted by molar-refractivity contribution is 7.91. The van der Waals surface area contributed by atoms with Gasteiger partial charge in [0.2, 0.25) is 0 Å². The molecule has 0 saturated heterocycles. The van der Waals surface area contributed by atoms with Crippen molar-refractivity contribution < 1.29 is 8.42 Å². The van der Waals surface area contributed by atoms with Gasteiger partial charge < -0.3 is 5.73 Å². The van der Waals surface area contributed by atoms with E-state index in [0.29, 0.717) is 11.3 Å². The molecular weight excluding hydrogens is 270 g/mol. The summed E-state index contributed by atoms with van der Waals surface area (Å²) in [5.74, 6) is -0.0349. The maximum atomic E-state index is 11.8. The minimum absolute atomic E-state index is 0.0349. The van der Waals surface area contributed by atoms with Crippen LogP contribution in [0.4, 0.5) is 5.69 Å². The van der Waals surface area contributed by atoms with Gasteiger partial charge in [0.25, 0.3) is 0 Å². The highest BCUT2D eigenvalue weighted by Gasteiger charge is 2.19. The van der Waals surface area contributed by atoms with Gasteiger partial charge in [-0.15, -0.1) is 13.2 Å². The fraction of sp³-hybridized carbons (Fsp3) is 0.375. The molecule has 1 aromatic carbocycles. The number of hydrogen-bond donors (Lipinski definition) is 1. The summed E-state index contributed by atoms with van der Waals surface area (Å²) < 4.78 is 23.5. The van der Waals surface area contributed by atoms with Gasteiger partial charge in [0, 0.05) is 5.69 Å². The monoisotopic (exact) mass is 297 g/mol. The Hall–Kier alpha value is -1.55. The van der Waals surface area contributed by atoms with Crippen LogP contribution >= 0.6 is 0 Å². The van der Waals surface area contributed by atoms with E-state index in [0.717, 1.165) is 0 Å². The van der Waals surface area contributed by atoms with Crippen LogP contribution in [0.2, 0.25) is 0 Å². The molecule has 1 atom stereocenters. The molecule has 2 N–H and O–H groups in total. The molecule has 0 amide bonds. The molecule has 0 fully saturated rings. The zero-order chi connectivity index (χ0) is 16.2. The first-order chi connectivity index (χ1) is 9.38. The van der Waals surface area contributed by atoms with E-state index in [1.54, 1.807) is 37.3 Å². The molecule has 0 spiro atoms. The van der Waals surface area contributed by atoms with Crippen LogP contribution in [0.15, 0.2) is 49.6 Å². The van der Waals surface area contributed by atoms with Crippen molar-refractivity contribution in [1.82, 2.24) is 0 Å². The summed E-state index contributed by atoms with van der Waals surface area (Å²) in [6, 6.07) is 6.98. The molecule has 1 rings (SSSR count). The lowest BCUT2D eigenvalue weighted by Crippen LogP contribution is -2.17. The second-order valence-corrected chi connectivity index (χ2v) is 6.21. The maximum Gasteiger partial charge on any atom is 0.160 e. The molecule has 0 aliphatic heterocycles. The van der Waals surface area contributed by atoms with Crippen molar-refractivity contribution in [2.75, 3.05) is 5.73 Å². The standard InChI is InChI=1S/C11H15NO2S.C3H6.C2H6/c1-3-9(2)15(13,14)8-10-6-4-5-7-11(10)12;1-3-2;1-2/h3-7,9H,1,8,12H2,2H3;3H,1H2,2H3;1-2H3. The first-order valence-electron chi connectivity index (χ1n) is 6.63. The van der Waals surface area contributed by atoms with Crippen molar-refractivity contribution in [3.63, 3.8) is 0 Å². The summed E-state index contributed by atoms with van der Waals surface area (Å²) in [4.78, 5) is 0. The third-order valence-corrected chi connectivity index (χ3v) is 4.35. The smallest absolute Gasteiger partial charge is 0.160 e. The van der Waals surface area contributed by atoms with E-state index in [1.807, 2.05) is 20.8 Å². The van der Waals surface area contributed by atoms with Gasteiger partial charge in [-0.3, -0.25) is 0 Å². The number of benzene rings is 1. The summed E-state index contributed by atoms with van der Waals surface area (Å²) in [7, 11) is -3.18. The number of rotatable bonds is 4.